The van der Waals surface area contributed by atoms with Crippen molar-refractivity contribution in [1.29, 1.82) is 0 Å². The number of nitrogens with one attached hydrogen (secondary N) is 1. The average molecular weight is 368 g/mol. The summed E-state index contributed by atoms with van der Waals surface area (Å²) in [5, 5.41) is 0. The Morgan fingerprint density at radius 2 is 1.84 bits per heavy atom. The largest absolute Gasteiger partial charge is 0.495 e. The third-order valence-corrected chi connectivity index (χ3v) is 6.75. The van der Waals surface area contributed by atoms with Gasteiger partial charge < -0.3 is 9.64 Å². The molecule has 2 fully saturated rings. The summed E-state index contributed by atoms with van der Waals surface area (Å²) in [7, 11) is -1.67. The number of anilines is 1. The molecular formula is C18H29N3O3S. The number of para-hydroxylation sites is 2. The van der Waals surface area contributed by atoms with E-state index in [1.807, 2.05) is 18.2 Å². The van der Waals surface area contributed by atoms with Gasteiger partial charge in [0, 0.05) is 32.7 Å². The SMILES string of the molecule is COc1ccccc1N1CCC(CNS(=O)(=O)N2CCCCCC2)C1. The van der Waals surface area contributed by atoms with Crippen molar-refractivity contribution in [2.45, 2.75) is 32.1 Å². The fraction of sp³-hybridized carbons (Fsp3) is 0.667. The number of benzene rings is 1. The van der Waals surface area contributed by atoms with Gasteiger partial charge in [-0.3, -0.25) is 0 Å². The summed E-state index contributed by atoms with van der Waals surface area (Å²) in [6.45, 7) is 3.57. The molecule has 1 atom stereocenters. The van der Waals surface area contributed by atoms with Gasteiger partial charge in [0.15, 0.2) is 0 Å². The van der Waals surface area contributed by atoms with Crippen molar-refractivity contribution < 1.29 is 13.2 Å². The van der Waals surface area contributed by atoms with Gasteiger partial charge in [0.2, 0.25) is 0 Å². The molecule has 25 heavy (non-hydrogen) atoms. The smallest absolute Gasteiger partial charge is 0.279 e. The third kappa shape index (κ3) is 4.65. The molecule has 2 heterocycles. The summed E-state index contributed by atoms with van der Waals surface area (Å²) in [5.74, 6) is 1.19. The van der Waals surface area contributed by atoms with Crippen LogP contribution in [0.5, 0.6) is 5.75 Å². The Morgan fingerprint density at radius 1 is 1.12 bits per heavy atom. The van der Waals surface area contributed by atoms with Crippen molar-refractivity contribution in [3.8, 4) is 5.75 Å². The molecule has 0 spiro atoms. The number of nitrogens with zero attached hydrogens (tertiary/aromatic N) is 2. The van der Waals surface area contributed by atoms with Crippen molar-refractivity contribution >= 4 is 15.9 Å². The van der Waals surface area contributed by atoms with E-state index in [0.29, 0.717) is 25.6 Å². The fourth-order valence-corrected chi connectivity index (χ4v) is 5.07. The number of hydrogen-bond acceptors (Lipinski definition) is 4. The predicted molar refractivity (Wildman–Crippen MR) is 100 cm³/mol. The Kier molecular flexibility index (Phi) is 6.19. The quantitative estimate of drug-likeness (QED) is 0.838. The first-order chi connectivity index (χ1) is 12.1. The molecule has 2 aliphatic rings. The summed E-state index contributed by atoms with van der Waals surface area (Å²) in [4.78, 5) is 2.28. The van der Waals surface area contributed by atoms with Gasteiger partial charge in [-0.15, -0.1) is 0 Å². The zero-order chi connectivity index (χ0) is 17.7. The molecule has 140 valence electrons. The molecule has 1 unspecified atom stereocenters. The van der Waals surface area contributed by atoms with Crippen LogP contribution in [0.1, 0.15) is 32.1 Å². The van der Waals surface area contributed by atoms with Crippen LogP contribution in [0.3, 0.4) is 0 Å². The van der Waals surface area contributed by atoms with Crippen molar-refractivity contribution in [2.75, 3.05) is 44.7 Å². The van der Waals surface area contributed by atoms with E-state index in [2.05, 4.69) is 15.7 Å². The normalized spacial score (nSPS) is 22.8. The molecular weight excluding hydrogens is 338 g/mol. The van der Waals surface area contributed by atoms with Gasteiger partial charge in [-0.2, -0.15) is 12.7 Å². The molecule has 1 aromatic carbocycles. The van der Waals surface area contributed by atoms with Crippen molar-refractivity contribution in [2.24, 2.45) is 5.92 Å². The fourth-order valence-electron chi connectivity index (χ4n) is 3.71. The summed E-state index contributed by atoms with van der Waals surface area (Å²) in [6, 6.07) is 7.99. The van der Waals surface area contributed by atoms with E-state index >= 15 is 0 Å². The van der Waals surface area contributed by atoms with E-state index in [1.54, 1.807) is 11.4 Å². The highest BCUT2D eigenvalue weighted by Gasteiger charge is 2.28. The van der Waals surface area contributed by atoms with E-state index in [4.69, 9.17) is 4.74 Å². The van der Waals surface area contributed by atoms with Gasteiger partial charge in [-0.25, -0.2) is 4.72 Å². The van der Waals surface area contributed by atoms with E-state index in [1.165, 1.54) is 0 Å². The van der Waals surface area contributed by atoms with Crippen LogP contribution in [0, 0.1) is 5.92 Å². The number of rotatable bonds is 6. The van der Waals surface area contributed by atoms with Gasteiger partial charge in [0.25, 0.3) is 10.2 Å². The standard InChI is InChI=1S/C18H29N3O3S/c1-24-18-9-5-4-8-17(18)20-13-10-16(15-20)14-19-25(22,23)21-11-6-2-3-7-12-21/h4-5,8-9,16,19H,2-3,6-7,10-15H2,1H3. The predicted octanol–water partition coefficient (Wildman–Crippen LogP) is 2.23. The number of methoxy groups -OCH3 is 1. The molecule has 0 aromatic heterocycles. The van der Waals surface area contributed by atoms with E-state index in [9.17, 15) is 8.42 Å². The highest BCUT2D eigenvalue weighted by Crippen LogP contribution is 2.31. The molecule has 0 bridgehead atoms. The van der Waals surface area contributed by atoms with Crippen LogP contribution in [0.4, 0.5) is 5.69 Å². The first-order valence-corrected chi connectivity index (χ1v) is 10.7. The minimum atomic E-state index is -3.35. The first kappa shape index (κ1) is 18.5. The molecule has 2 aliphatic heterocycles. The highest BCUT2D eigenvalue weighted by atomic mass is 32.2. The Bertz CT molecular complexity index is 657. The maximum Gasteiger partial charge on any atom is 0.279 e. The van der Waals surface area contributed by atoms with E-state index < -0.39 is 10.2 Å². The zero-order valence-electron chi connectivity index (χ0n) is 15.0. The lowest BCUT2D eigenvalue weighted by Crippen LogP contribution is -2.43. The van der Waals surface area contributed by atoms with Crippen LogP contribution in [0.2, 0.25) is 0 Å². The monoisotopic (exact) mass is 367 g/mol. The summed E-state index contributed by atoms with van der Waals surface area (Å²) in [6.07, 6.45) is 5.17. The van der Waals surface area contributed by atoms with Crippen molar-refractivity contribution in [3.05, 3.63) is 24.3 Å². The number of hydrogen-bond donors (Lipinski definition) is 1. The maximum atomic E-state index is 12.5. The van der Waals surface area contributed by atoms with Crippen LogP contribution >= 0.6 is 0 Å². The maximum absolute atomic E-state index is 12.5. The van der Waals surface area contributed by atoms with E-state index in [-0.39, 0.29) is 0 Å². The van der Waals surface area contributed by atoms with E-state index in [0.717, 1.165) is 56.6 Å². The second-order valence-corrected chi connectivity index (χ2v) is 8.69. The van der Waals surface area contributed by atoms with Crippen LogP contribution < -0.4 is 14.4 Å². The van der Waals surface area contributed by atoms with Crippen molar-refractivity contribution in [1.82, 2.24) is 9.03 Å². The zero-order valence-corrected chi connectivity index (χ0v) is 15.8. The Labute approximate surface area is 151 Å². The molecule has 1 N–H and O–H groups in total. The topological polar surface area (TPSA) is 61.9 Å². The lowest BCUT2D eigenvalue weighted by molar-refractivity contribution is 0.409. The minimum absolute atomic E-state index is 0.326. The number of ether oxygens (including phenoxy) is 1. The van der Waals surface area contributed by atoms with Crippen LogP contribution in [-0.4, -0.2) is 52.6 Å². The van der Waals surface area contributed by atoms with Crippen LogP contribution in [-0.2, 0) is 10.2 Å². The molecule has 7 heteroatoms. The van der Waals surface area contributed by atoms with Gasteiger partial charge in [-0.05, 0) is 37.3 Å². The third-order valence-electron chi connectivity index (χ3n) is 5.17. The molecule has 0 radical (unpaired) electrons. The lowest BCUT2D eigenvalue weighted by Gasteiger charge is -2.23. The minimum Gasteiger partial charge on any atom is -0.495 e. The molecule has 6 nitrogen and oxygen atoms in total. The molecule has 3 rings (SSSR count). The van der Waals surface area contributed by atoms with Crippen molar-refractivity contribution in [3.63, 3.8) is 0 Å². The van der Waals surface area contributed by atoms with Crippen LogP contribution in [0.25, 0.3) is 0 Å². The molecule has 0 amide bonds. The summed E-state index contributed by atoms with van der Waals surface area (Å²) >= 11 is 0. The second kappa shape index (κ2) is 8.38. The first-order valence-electron chi connectivity index (χ1n) is 9.23. The average Bonchev–Trinajstić information content (AvgIpc) is 2.92. The van der Waals surface area contributed by atoms with Gasteiger partial charge in [-0.1, -0.05) is 25.0 Å². The van der Waals surface area contributed by atoms with Crippen LogP contribution in [0.15, 0.2) is 24.3 Å². The molecule has 1 aromatic rings. The highest BCUT2D eigenvalue weighted by molar-refractivity contribution is 7.87. The summed E-state index contributed by atoms with van der Waals surface area (Å²) < 4.78 is 35.0. The molecule has 2 saturated heterocycles. The van der Waals surface area contributed by atoms with Gasteiger partial charge in [0.1, 0.15) is 5.75 Å². The summed E-state index contributed by atoms with van der Waals surface area (Å²) in [5.41, 5.74) is 1.09. The molecule has 0 aliphatic carbocycles. The van der Waals surface area contributed by atoms with Gasteiger partial charge in [0.05, 0.1) is 12.8 Å². The Balaban J connectivity index is 1.54. The van der Waals surface area contributed by atoms with Gasteiger partial charge >= 0.3 is 0 Å². The molecule has 0 saturated carbocycles. The Morgan fingerprint density at radius 3 is 2.56 bits per heavy atom. The second-order valence-electron chi connectivity index (χ2n) is 6.94. The lowest BCUT2D eigenvalue weighted by atomic mass is 10.1. The Hall–Kier alpha value is -1.31.